The third kappa shape index (κ3) is 5.67. The van der Waals surface area contributed by atoms with Gasteiger partial charge < -0.3 is 24.0 Å². The first kappa shape index (κ1) is 25.9. The maximum Gasteiger partial charge on any atom is 0.296 e. The zero-order chi connectivity index (χ0) is 26.8. The number of nitrogens with zero attached hydrogens (tertiary/aromatic N) is 6. The summed E-state index contributed by atoms with van der Waals surface area (Å²) < 4.78 is 46.7. The molecule has 2 aromatic heterocycles. The van der Waals surface area contributed by atoms with Crippen LogP contribution in [-0.4, -0.2) is 89.0 Å². The third-order valence-corrected chi connectivity index (χ3v) is 7.51. The first-order chi connectivity index (χ1) is 19.0. The number of amides is 1. The van der Waals surface area contributed by atoms with E-state index in [1.165, 1.54) is 4.57 Å². The summed E-state index contributed by atoms with van der Waals surface area (Å²) in [5.41, 5.74) is 0.988. The van der Waals surface area contributed by atoms with Crippen LogP contribution in [0, 0.1) is 5.92 Å². The van der Waals surface area contributed by atoms with Gasteiger partial charge in [-0.1, -0.05) is 12.1 Å². The second-order valence-corrected chi connectivity index (χ2v) is 10.2. The second-order valence-electron chi connectivity index (χ2n) is 10.2. The second kappa shape index (κ2) is 11.4. The van der Waals surface area contributed by atoms with Gasteiger partial charge in [0, 0.05) is 44.8 Å². The van der Waals surface area contributed by atoms with Crippen molar-refractivity contribution >= 4 is 22.9 Å². The molecule has 3 aromatic rings. The van der Waals surface area contributed by atoms with Crippen LogP contribution in [0.1, 0.15) is 37.9 Å². The predicted octanol–water partition coefficient (Wildman–Crippen LogP) is 3.39. The molecule has 0 aliphatic carbocycles. The topological polar surface area (TPSA) is 94.8 Å². The Labute approximate surface area is 224 Å². The highest BCUT2D eigenvalue weighted by Crippen LogP contribution is 2.30. The van der Waals surface area contributed by atoms with E-state index in [1.54, 1.807) is 30.3 Å². The molecule has 10 nitrogen and oxygen atoms in total. The monoisotopic (exact) mass is 542 g/mol. The molecular weight excluding hydrogens is 510 g/mol. The highest BCUT2D eigenvalue weighted by atomic mass is 19.3. The highest BCUT2D eigenvalue weighted by Gasteiger charge is 2.30. The number of para-hydroxylation sites is 2. The van der Waals surface area contributed by atoms with Crippen molar-refractivity contribution in [3.63, 3.8) is 0 Å². The van der Waals surface area contributed by atoms with Crippen molar-refractivity contribution in [3.8, 4) is 11.7 Å². The van der Waals surface area contributed by atoms with Crippen molar-refractivity contribution < 1.29 is 27.8 Å². The van der Waals surface area contributed by atoms with Gasteiger partial charge in [0.1, 0.15) is 5.82 Å². The fourth-order valence-electron chi connectivity index (χ4n) is 5.45. The Bertz CT molecular complexity index is 1310. The Kier molecular flexibility index (Phi) is 7.55. The summed E-state index contributed by atoms with van der Waals surface area (Å²) in [6, 6.07) is 8.57. The minimum atomic E-state index is -2.79. The van der Waals surface area contributed by atoms with Crippen molar-refractivity contribution in [1.82, 2.24) is 24.4 Å². The predicted molar refractivity (Wildman–Crippen MR) is 138 cm³/mol. The smallest absolute Gasteiger partial charge is 0.296 e. The van der Waals surface area contributed by atoms with Gasteiger partial charge in [0.05, 0.1) is 43.4 Å². The molecule has 2 atom stereocenters. The van der Waals surface area contributed by atoms with Crippen LogP contribution in [0.15, 0.2) is 30.3 Å². The van der Waals surface area contributed by atoms with E-state index in [-0.39, 0.29) is 29.6 Å². The van der Waals surface area contributed by atoms with E-state index in [4.69, 9.17) is 14.2 Å². The molecule has 3 saturated heterocycles. The van der Waals surface area contributed by atoms with E-state index < -0.39 is 6.43 Å². The first-order valence-corrected chi connectivity index (χ1v) is 13.5. The number of benzene rings is 1. The van der Waals surface area contributed by atoms with E-state index in [9.17, 15) is 13.6 Å². The first-order valence-electron chi connectivity index (χ1n) is 13.5. The minimum Gasteiger partial charge on any atom is -0.477 e. The number of rotatable bonds is 8. The normalized spacial score (nSPS) is 21.8. The summed E-state index contributed by atoms with van der Waals surface area (Å²) in [6.07, 6.45) is 0.441. The van der Waals surface area contributed by atoms with Gasteiger partial charge in [0.15, 0.2) is 5.82 Å². The largest absolute Gasteiger partial charge is 0.477 e. The Morgan fingerprint density at radius 3 is 2.72 bits per heavy atom. The zero-order valence-corrected chi connectivity index (χ0v) is 21.7. The van der Waals surface area contributed by atoms with Gasteiger partial charge in [0.25, 0.3) is 6.43 Å². The van der Waals surface area contributed by atoms with Gasteiger partial charge in [-0.2, -0.15) is 9.97 Å². The number of hydrogen-bond acceptors (Lipinski definition) is 8. The fourth-order valence-corrected chi connectivity index (χ4v) is 5.45. The number of halogens is 2. The molecule has 0 radical (unpaired) electrons. The summed E-state index contributed by atoms with van der Waals surface area (Å²) in [4.78, 5) is 30.0. The van der Waals surface area contributed by atoms with Gasteiger partial charge in [-0.15, -0.1) is 0 Å². The lowest BCUT2D eigenvalue weighted by atomic mass is 10.1. The van der Waals surface area contributed by atoms with Crippen molar-refractivity contribution in [3.05, 3.63) is 36.2 Å². The molecule has 1 aromatic carbocycles. The standard InChI is InChI=1S/C27H32F2N6O4/c28-25(29)26-30-20-5-1-2-6-21(20)35(26)22-15-23(32-27(31-22)33-9-12-37-13-10-33)39-17-18-7-8-34(16-18)24(36)14-19-4-3-11-38-19/h1-2,5-6,15,18-19,25H,3-4,7-14,16-17H2/t18-,19?/m0/s1. The number of aromatic nitrogens is 4. The lowest BCUT2D eigenvalue weighted by Crippen LogP contribution is -2.37. The Hall–Kier alpha value is -3.38. The number of morpholine rings is 1. The zero-order valence-electron chi connectivity index (χ0n) is 21.7. The molecular formula is C27H32F2N6O4. The van der Waals surface area contributed by atoms with E-state index in [0.29, 0.717) is 75.3 Å². The van der Waals surface area contributed by atoms with Crippen molar-refractivity contribution in [2.45, 2.75) is 38.2 Å². The molecule has 0 bridgehead atoms. The molecule has 0 spiro atoms. The average molecular weight is 543 g/mol. The maximum absolute atomic E-state index is 14.1. The summed E-state index contributed by atoms with van der Waals surface area (Å²) in [6.45, 7) is 4.60. The van der Waals surface area contributed by atoms with Crippen LogP contribution >= 0.6 is 0 Å². The van der Waals surface area contributed by atoms with E-state index in [0.717, 1.165) is 25.9 Å². The van der Waals surface area contributed by atoms with Crippen LogP contribution in [-0.2, 0) is 14.3 Å². The van der Waals surface area contributed by atoms with Gasteiger partial charge in [0.2, 0.25) is 17.7 Å². The lowest BCUT2D eigenvalue weighted by molar-refractivity contribution is -0.132. The van der Waals surface area contributed by atoms with Crippen LogP contribution in [0.4, 0.5) is 14.7 Å². The number of alkyl halides is 2. The third-order valence-electron chi connectivity index (χ3n) is 7.51. The van der Waals surface area contributed by atoms with Crippen LogP contribution in [0.3, 0.4) is 0 Å². The Balaban J connectivity index is 1.23. The number of fused-ring (bicyclic) bond motifs is 1. The number of carbonyl (C=O) groups is 1. The van der Waals surface area contributed by atoms with Gasteiger partial charge in [-0.3, -0.25) is 9.36 Å². The Morgan fingerprint density at radius 2 is 1.92 bits per heavy atom. The number of ether oxygens (including phenoxy) is 3. The SMILES string of the molecule is O=C(CC1CCCO1)N1CC[C@H](COc2cc(-n3c(C(F)F)nc4ccccc43)nc(N3CCOCC3)n2)C1. The maximum atomic E-state index is 14.1. The average Bonchev–Trinajstić information content (AvgIpc) is 3.72. The summed E-state index contributed by atoms with van der Waals surface area (Å²) in [7, 11) is 0. The summed E-state index contributed by atoms with van der Waals surface area (Å²) in [5, 5.41) is 0. The molecule has 3 fully saturated rings. The highest BCUT2D eigenvalue weighted by molar-refractivity contribution is 5.78. The molecule has 5 heterocycles. The van der Waals surface area contributed by atoms with E-state index >= 15 is 0 Å². The molecule has 0 N–H and O–H groups in total. The number of imidazole rings is 1. The number of hydrogen-bond donors (Lipinski definition) is 0. The van der Waals surface area contributed by atoms with Crippen molar-refractivity contribution in [1.29, 1.82) is 0 Å². The van der Waals surface area contributed by atoms with Crippen molar-refractivity contribution in [2.24, 2.45) is 5.92 Å². The Morgan fingerprint density at radius 1 is 1.08 bits per heavy atom. The molecule has 1 amide bonds. The molecule has 12 heteroatoms. The molecule has 1 unspecified atom stereocenters. The van der Waals surface area contributed by atoms with E-state index in [1.807, 2.05) is 9.80 Å². The van der Waals surface area contributed by atoms with Gasteiger partial charge in [-0.05, 0) is 31.4 Å². The number of anilines is 1. The molecule has 208 valence electrons. The molecule has 3 aliphatic heterocycles. The van der Waals surface area contributed by atoms with Gasteiger partial charge in [-0.25, -0.2) is 13.8 Å². The van der Waals surface area contributed by atoms with Crippen LogP contribution < -0.4 is 9.64 Å². The molecule has 3 aliphatic rings. The fraction of sp³-hybridized carbons (Fsp3) is 0.556. The van der Waals surface area contributed by atoms with Crippen LogP contribution in [0.2, 0.25) is 0 Å². The van der Waals surface area contributed by atoms with Crippen molar-refractivity contribution in [2.75, 3.05) is 57.5 Å². The van der Waals surface area contributed by atoms with Gasteiger partial charge >= 0.3 is 0 Å². The van der Waals surface area contributed by atoms with E-state index in [2.05, 4.69) is 15.0 Å². The summed E-state index contributed by atoms with van der Waals surface area (Å²) >= 11 is 0. The quantitative estimate of drug-likeness (QED) is 0.428. The number of likely N-dealkylation sites (tertiary alicyclic amines) is 1. The molecule has 39 heavy (non-hydrogen) atoms. The lowest BCUT2D eigenvalue weighted by Gasteiger charge is -2.27. The molecule has 6 rings (SSSR count). The molecule has 0 saturated carbocycles. The summed E-state index contributed by atoms with van der Waals surface area (Å²) in [5.74, 6) is 0.840. The number of carbonyl (C=O) groups excluding carboxylic acids is 1. The van der Waals surface area contributed by atoms with Crippen LogP contribution in [0.25, 0.3) is 16.9 Å². The van der Waals surface area contributed by atoms with Crippen LogP contribution in [0.5, 0.6) is 5.88 Å². The minimum absolute atomic E-state index is 0.0308.